The Bertz CT molecular complexity index is 556. The molecule has 0 aromatic heterocycles. The van der Waals surface area contributed by atoms with Crippen LogP contribution in [0.15, 0.2) is 24.3 Å². The number of nitrogens with zero attached hydrogens (tertiary/aromatic N) is 2. The highest BCUT2D eigenvalue weighted by Gasteiger charge is 2.39. The Hall–Kier alpha value is -1.59. The molecule has 2 N–H and O–H groups in total. The fourth-order valence-corrected chi connectivity index (χ4v) is 3.63. The van der Waals surface area contributed by atoms with Crippen LogP contribution in [-0.4, -0.2) is 58.8 Å². The van der Waals surface area contributed by atoms with E-state index in [4.69, 9.17) is 0 Å². The second kappa shape index (κ2) is 7.53. The van der Waals surface area contributed by atoms with E-state index >= 15 is 0 Å². The van der Waals surface area contributed by atoms with Crippen molar-refractivity contribution in [2.75, 3.05) is 19.7 Å². The minimum atomic E-state index is -0.0699. The number of hydrogen-bond acceptors (Lipinski definition) is 3. The van der Waals surface area contributed by atoms with Crippen molar-refractivity contribution in [1.82, 2.24) is 15.1 Å². The maximum absolute atomic E-state index is 12.6. The van der Waals surface area contributed by atoms with Crippen molar-refractivity contribution >= 4 is 6.03 Å². The van der Waals surface area contributed by atoms with Crippen LogP contribution in [0, 0.1) is 6.92 Å². The number of amides is 2. The summed E-state index contributed by atoms with van der Waals surface area (Å²) in [6.45, 7) is 6.12. The van der Waals surface area contributed by atoms with Gasteiger partial charge in [0.25, 0.3) is 0 Å². The van der Waals surface area contributed by atoms with E-state index in [1.165, 1.54) is 18.4 Å². The van der Waals surface area contributed by atoms with E-state index in [1.54, 1.807) is 4.90 Å². The molecule has 0 bridgehead atoms. The van der Waals surface area contributed by atoms with Crippen LogP contribution in [0.2, 0.25) is 0 Å². The Morgan fingerprint density at radius 1 is 1.33 bits per heavy atom. The Morgan fingerprint density at radius 3 is 2.67 bits per heavy atom. The summed E-state index contributed by atoms with van der Waals surface area (Å²) in [5, 5.41) is 12.5. The van der Waals surface area contributed by atoms with Crippen molar-refractivity contribution in [2.45, 2.75) is 57.8 Å². The third-order valence-electron chi connectivity index (χ3n) is 5.12. The number of carbonyl (C=O) groups is 1. The summed E-state index contributed by atoms with van der Waals surface area (Å²) in [6.07, 6.45) is 3.61. The summed E-state index contributed by atoms with van der Waals surface area (Å²) in [5.41, 5.74) is 2.29. The van der Waals surface area contributed by atoms with Gasteiger partial charge in [0.05, 0.1) is 6.61 Å². The molecule has 0 unspecified atom stereocenters. The number of aliphatic hydroxyl groups excluding tert-OH is 1. The zero-order valence-corrected chi connectivity index (χ0v) is 14.7. The average Bonchev–Trinajstić information content (AvgIpc) is 3.33. The maximum atomic E-state index is 12.6. The van der Waals surface area contributed by atoms with E-state index in [-0.39, 0.29) is 18.7 Å². The van der Waals surface area contributed by atoms with E-state index in [0.29, 0.717) is 19.1 Å². The van der Waals surface area contributed by atoms with Crippen molar-refractivity contribution in [3.8, 4) is 0 Å². The smallest absolute Gasteiger partial charge is 0.318 e. The molecule has 1 aliphatic heterocycles. The largest absolute Gasteiger partial charge is 0.395 e. The van der Waals surface area contributed by atoms with E-state index in [0.717, 1.165) is 24.6 Å². The second-order valence-corrected chi connectivity index (χ2v) is 7.29. The van der Waals surface area contributed by atoms with Crippen LogP contribution in [0.25, 0.3) is 0 Å². The lowest BCUT2D eigenvalue weighted by atomic mass is 10.1. The van der Waals surface area contributed by atoms with Gasteiger partial charge in [-0.15, -0.1) is 0 Å². The number of urea groups is 1. The van der Waals surface area contributed by atoms with Crippen molar-refractivity contribution in [3.63, 3.8) is 0 Å². The second-order valence-electron chi connectivity index (χ2n) is 7.29. The standard InChI is InChI=1S/C19H29N3O2/c1-14-3-5-16(6-4-14)12-21(9-10-23)19(24)20-17-11-15(2)22(13-17)18-7-8-18/h3-6,15,17-18,23H,7-13H2,1-2H3,(H,20,24)/t15-,17+/m0/s1. The van der Waals surface area contributed by atoms with Gasteiger partial charge < -0.3 is 15.3 Å². The topological polar surface area (TPSA) is 55.8 Å². The Morgan fingerprint density at radius 2 is 2.04 bits per heavy atom. The molecule has 2 atom stereocenters. The molecule has 2 fully saturated rings. The molecule has 0 radical (unpaired) electrons. The summed E-state index contributed by atoms with van der Waals surface area (Å²) in [7, 11) is 0. The molecule has 24 heavy (non-hydrogen) atoms. The maximum Gasteiger partial charge on any atom is 0.318 e. The first-order valence-corrected chi connectivity index (χ1v) is 9.04. The molecule has 1 aliphatic carbocycles. The molecule has 2 aliphatic rings. The minimum Gasteiger partial charge on any atom is -0.395 e. The number of benzene rings is 1. The van der Waals surface area contributed by atoms with Gasteiger partial charge in [-0.1, -0.05) is 29.8 Å². The number of nitrogens with one attached hydrogen (secondary N) is 1. The van der Waals surface area contributed by atoms with Gasteiger partial charge in [-0.05, 0) is 38.7 Å². The van der Waals surface area contributed by atoms with Crippen LogP contribution in [0.4, 0.5) is 4.79 Å². The highest BCUT2D eigenvalue weighted by Crippen LogP contribution is 2.33. The summed E-state index contributed by atoms with van der Waals surface area (Å²) >= 11 is 0. The van der Waals surface area contributed by atoms with Crippen molar-refractivity contribution in [2.24, 2.45) is 0 Å². The summed E-state index contributed by atoms with van der Waals surface area (Å²) in [6, 6.07) is 9.62. The zero-order valence-electron chi connectivity index (χ0n) is 14.7. The van der Waals surface area contributed by atoms with E-state index < -0.39 is 0 Å². The zero-order chi connectivity index (χ0) is 17.1. The van der Waals surface area contributed by atoms with Gasteiger partial charge in [0.2, 0.25) is 0 Å². The summed E-state index contributed by atoms with van der Waals surface area (Å²) in [5.74, 6) is 0. The van der Waals surface area contributed by atoms with Gasteiger partial charge in [-0.2, -0.15) is 0 Å². The predicted octanol–water partition coefficient (Wildman–Crippen LogP) is 2.12. The van der Waals surface area contributed by atoms with Crippen LogP contribution in [0.1, 0.15) is 37.3 Å². The molecule has 1 saturated heterocycles. The lowest BCUT2D eigenvalue weighted by Crippen LogP contribution is -2.46. The fourth-order valence-electron chi connectivity index (χ4n) is 3.63. The molecule has 1 aromatic carbocycles. The van der Waals surface area contributed by atoms with Crippen LogP contribution in [0.3, 0.4) is 0 Å². The number of hydrogen-bond donors (Lipinski definition) is 2. The molecule has 0 spiro atoms. The first-order valence-electron chi connectivity index (χ1n) is 9.04. The van der Waals surface area contributed by atoms with Crippen LogP contribution < -0.4 is 5.32 Å². The third kappa shape index (κ3) is 4.28. The summed E-state index contributed by atoms with van der Waals surface area (Å²) in [4.78, 5) is 16.9. The molecular weight excluding hydrogens is 302 g/mol. The third-order valence-corrected chi connectivity index (χ3v) is 5.12. The molecule has 5 nitrogen and oxygen atoms in total. The lowest BCUT2D eigenvalue weighted by Gasteiger charge is -2.25. The monoisotopic (exact) mass is 331 g/mol. The minimum absolute atomic E-state index is 0.0193. The SMILES string of the molecule is Cc1ccc(CN(CCO)C(=O)N[C@@H]2C[C@H](C)N(C3CC3)C2)cc1. The van der Waals surface area contributed by atoms with E-state index in [9.17, 15) is 9.90 Å². The highest BCUT2D eigenvalue weighted by atomic mass is 16.3. The molecule has 2 amide bonds. The molecule has 132 valence electrons. The van der Waals surface area contributed by atoms with Gasteiger partial charge >= 0.3 is 6.03 Å². The number of likely N-dealkylation sites (tertiary alicyclic amines) is 1. The van der Waals surface area contributed by atoms with Gasteiger partial charge in [0.15, 0.2) is 0 Å². The van der Waals surface area contributed by atoms with E-state index in [2.05, 4.69) is 36.2 Å². The molecule has 3 rings (SSSR count). The lowest BCUT2D eigenvalue weighted by molar-refractivity contribution is 0.170. The number of carbonyl (C=O) groups excluding carboxylic acids is 1. The molecule has 1 heterocycles. The predicted molar refractivity (Wildman–Crippen MR) is 94.8 cm³/mol. The van der Waals surface area contributed by atoms with Gasteiger partial charge in [0, 0.05) is 37.8 Å². The summed E-state index contributed by atoms with van der Waals surface area (Å²) < 4.78 is 0. The van der Waals surface area contributed by atoms with E-state index in [1.807, 2.05) is 12.1 Å². The van der Waals surface area contributed by atoms with Crippen molar-refractivity contribution in [1.29, 1.82) is 0 Å². The highest BCUT2D eigenvalue weighted by molar-refractivity contribution is 5.74. The normalized spacial score (nSPS) is 24.1. The molecule has 5 heteroatoms. The Balaban J connectivity index is 1.56. The van der Waals surface area contributed by atoms with Crippen LogP contribution in [0.5, 0.6) is 0 Å². The van der Waals surface area contributed by atoms with Crippen molar-refractivity contribution in [3.05, 3.63) is 35.4 Å². The number of aliphatic hydroxyl groups is 1. The quantitative estimate of drug-likeness (QED) is 0.839. The van der Waals surface area contributed by atoms with Crippen LogP contribution in [-0.2, 0) is 6.54 Å². The molecule has 1 saturated carbocycles. The van der Waals surface area contributed by atoms with Crippen LogP contribution >= 0.6 is 0 Å². The van der Waals surface area contributed by atoms with Gasteiger partial charge in [0.1, 0.15) is 0 Å². The van der Waals surface area contributed by atoms with Gasteiger partial charge in [-0.25, -0.2) is 4.79 Å². The number of aryl methyl sites for hydroxylation is 1. The van der Waals surface area contributed by atoms with Crippen molar-refractivity contribution < 1.29 is 9.90 Å². The fraction of sp³-hybridized carbons (Fsp3) is 0.632. The average molecular weight is 331 g/mol. The van der Waals surface area contributed by atoms with Gasteiger partial charge in [-0.3, -0.25) is 4.90 Å². The molecular formula is C19H29N3O2. The Labute approximate surface area is 144 Å². The molecule has 1 aromatic rings. The Kier molecular flexibility index (Phi) is 5.41. The first-order chi connectivity index (χ1) is 11.6. The number of rotatable bonds is 6. The first kappa shape index (κ1) is 17.2.